The molecule has 0 bridgehead atoms. The van der Waals surface area contributed by atoms with Gasteiger partial charge in [0.25, 0.3) is 0 Å². The van der Waals surface area contributed by atoms with Gasteiger partial charge in [0, 0.05) is 18.3 Å². The largest absolute Gasteiger partial charge is 0.491 e. The maximum absolute atomic E-state index is 11.3. The Morgan fingerprint density at radius 2 is 2.22 bits per heavy atom. The monoisotopic (exact) mass is 249 g/mol. The molecule has 0 saturated carbocycles. The van der Waals surface area contributed by atoms with Gasteiger partial charge in [-0.25, -0.2) is 0 Å². The number of carbonyl (C=O) groups is 1. The van der Waals surface area contributed by atoms with E-state index in [0.29, 0.717) is 24.5 Å². The molecule has 1 aromatic rings. The Balaban J connectivity index is 1.97. The van der Waals surface area contributed by atoms with Crippen LogP contribution in [-0.2, 0) is 11.2 Å². The molecule has 0 aliphatic carbocycles. The fourth-order valence-electron chi connectivity index (χ4n) is 1.96. The number of nitrogen functional groups attached to an aromatic ring is 1. The van der Waals surface area contributed by atoms with Crippen LogP contribution in [0, 0.1) is 0 Å². The molecule has 3 N–H and O–H groups in total. The number of fused-ring (bicyclic) bond motifs is 1. The highest BCUT2D eigenvalue weighted by atomic mass is 16.5. The fourth-order valence-corrected chi connectivity index (χ4v) is 1.96. The number of nitrogens with two attached hydrogens (primary N) is 1. The zero-order valence-electron chi connectivity index (χ0n) is 10.8. The van der Waals surface area contributed by atoms with Crippen LogP contribution in [0.2, 0.25) is 0 Å². The number of nitrogens with zero attached hydrogens (tertiary/aromatic N) is 1. The first-order valence-electron chi connectivity index (χ1n) is 6.06. The number of nitrogens with one attached hydrogen (secondary N) is 1. The van der Waals surface area contributed by atoms with Crippen molar-refractivity contribution in [1.29, 1.82) is 0 Å². The lowest BCUT2D eigenvalue weighted by atomic mass is 10.1. The molecule has 5 heteroatoms. The van der Waals surface area contributed by atoms with E-state index in [0.717, 1.165) is 24.2 Å². The zero-order chi connectivity index (χ0) is 13.1. The molecular weight excluding hydrogens is 230 g/mol. The van der Waals surface area contributed by atoms with Crippen molar-refractivity contribution in [2.24, 2.45) is 0 Å². The van der Waals surface area contributed by atoms with Gasteiger partial charge in [-0.05, 0) is 32.1 Å². The van der Waals surface area contributed by atoms with Gasteiger partial charge in [0.1, 0.15) is 5.75 Å². The minimum Gasteiger partial charge on any atom is -0.491 e. The van der Waals surface area contributed by atoms with Crippen LogP contribution in [0.25, 0.3) is 0 Å². The highest BCUT2D eigenvalue weighted by Gasteiger charge is 2.19. The fraction of sp³-hybridized carbons (Fsp3) is 0.462. The van der Waals surface area contributed by atoms with Gasteiger partial charge in [-0.2, -0.15) is 0 Å². The van der Waals surface area contributed by atoms with Crippen LogP contribution in [-0.4, -0.2) is 38.1 Å². The molecule has 2 rings (SSSR count). The second-order valence-electron chi connectivity index (χ2n) is 4.78. The maximum atomic E-state index is 11.3. The van der Waals surface area contributed by atoms with E-state index in [4.69, 9.17) is 10.5 Å². The predicted octanol–water partition coefficient (Wildman–Crippen LogP) is 1.09. The van der Waals surface area contributed by atoms with Gasteiger partial charge in [-0.1, -0.05) is 0 Å². The van der Waals surface area contributed by atoms with Crippen molar-refractivity contribution in [3.05, 3.63) is 17.7 Å². The number of hydrogen-bond donors (Lipinski definition) is 2. The lowest BCUT2D eigenvalue weighted by molar-refractivity contribution is -0.115. The highest BCUT2D eigenvalue weighted by Crippen LogP contribution is 2.32. The molecule has 0 radical (unpaired) electrons. The van der Waals surface area contributed by atoms with Crippen molar-refractivity contribution >= 4 is 17.3 Å². The average Bonchev–Trinajstić information content (AvgIpc) is 2.63. The van der Waals surface area contributed by atoms with Crippen LogP contribution >= 0.6 is 0 Å². The highest BCUT2D eigenvalue weighted by molar-refractivity contribution is 6.00. The molecule has 5 nitrogen and oxygen atoms in total. The summed E-state index contributed by atoms with van der Waals surface area (Å²) in [6, 6.07) is 3.62. The van der Waals surface area contributed by atoms with Crippen molar-refractivity contribution < 1.29 is 9.53 Å². The summed E-state index contributed by atoms with van der Waals surface area (Å²) in [6.07, 6.45) is 1.34. The molecule has 1 amide bonds. The molecule has 0 aromatic heterocycles. The second kappa shape index (κ2) is 5.27. The van der Waals surface area contributed by atoms with E-state index in [1.807, 2.05) is 26.2 Å². The summed E-state index contributed by atoms with van der Waals surface area (Å²) in [7, 11) is 4.05. The number of amides is 1. The topological polar surface area (TPSA) is 67.6 Å². The third kappa shape index (κ3) is 2.92. The molecule has 1 aliphatic rings. The van der Waals surface area contributed by atoms with Gasteiger partial charge in [-0.15, -0.1) is 0 Å². The van der Waals surface area contributed by atoms with Crippen LogP contribution < -0.4 is 15.8 Å². The van der Waals surface area contributed by atoms with Crippen molar-refractivity contribution in [1.82, 2.24) is 4.90 Å². The van der Waals surface area contributed by atoms with Crippen molar-refractivity contribution in [3.8, 4) is 5.75 Å². The number of carbonyl (C=O) groups excluding carboxylic acids is 1. The van der Waals surface area contributed by atoms with E-state index in [-0.39, 0.29) is 5.91 Å². The standard InChI is InChI=1S/C13H19N3O2/c1-16(2)4-3-5-18-12-8-11-9(6-10(12)14)7-13(17)15-11/h6,8H,3-5,7,14H2,1-2H3,(H,15,17). The van der Waals surface area contributed by atoms with Crippen LogP contribution in [0.5, 0.6) is 5.75 Å². The first-order chi connectivity index (χ1) is 8.56. The number of rotatable bonds is 5. The van der Waals surface area contributed by atoms with E-state index < -0.39 is 0 Å². The first kappa shape index (κ1) is 12.7. The average molecular weight is 249 g/mol. The Kier molecular flexibility index (Phi) is 3.72. The number of ether oxygens (including phenoxy) is 1. The number of hydrogen-bond acceptors (Lipinski definition) is 4. The van der Waals surface area contributed by atoms with E-state index in [2.05, 4.69) is 10.2 Å². The van der Waals surface area contributed by atoms with Gasteiger partial charge in [-0.3, -0.25) is 4.79 Å². The number of anilines is 2. The summed E-state index contributed by atoms with van der Waals surface area (Å²) in [5.41, 5.74) is 8.26. The maximum Gasteiger partial charge on any atom is 0.228 e. The van der Waals surface area contributed by atoms with Gasteiger partial charge in [0.15, 0.2) is 0 Å². The van der Waals surface area contributed by atoms with Crippen molar-refractivity contribution in [3.63, 3.8) is 0 Å². The van der Waals surface area contributed by atoms with Crippen molar-refractivity contribution in [2.75, 3.05) is 38.3 Å². The molecule has 0 fully saturated rings. The van der Waals surface area contributed by atoms with E-state index in [9.17, 15) is 4.79 Å². The molecule has 98 valence electrons. The van der Waals surface area contributed by atoms with Crippen LogP contribution in [0.3, 0.4) is 0 Å². The normalized spacial score (nSPS) is 13.6. The molecule has 0 spiro atoms. The third-order valence-corrected chi connectivity index (χ3v) is 2.87. The first-order valence-corrected chi connectivity index (χ1v) is 6.06. The third-order valence-electron chi connectivity index (χ3n) is 2.87. The van der Waals surface area contributed by atoms with Gasteiger partial charge < -0.3 is 20.7 Å². The molecule has 1 heterocycles. The minimum absolute atomic E-state index is 0.00848. The summed E-state index contributed by atoms with van der Waals surface area (Å²) >= 11 is 0. The van der Waals surface area contributed by atoms with Crippen LogP contribution in [0.15, 0.2) is 12.1 Å². The lowest BCUT2D eigenvalue weighted by Gasteiger charge is -2.12. The number of benzene rings is 1. The Hall–Kier alpha value is -1.75. The summed E-state index contributed by atoms with van der Waals surface area (Å²) in [4.78, 5) is 13.4. The molecule has 1 aliphatic heterocycles. The van der Waals surface area contributed by atoms with Crippen LogP contribution in [0.1, 0.15) is 12.0 Å². The second-order valence-corrected chi connectivity index (χ2v) is 4.78. The smallest absolute Gasteiger partial charge is 0.228 e. The summed E-state index contributed by atoms with van der Waals surface area (Å²) in [5.74, 6) is 0.656. The molecule has 0 atom stereocenters. The summed E-state index contributed by atoms with van der Waals surface area (Å²) in [6.45, 7) is 1.59. The summed E-state index contributed by atoms with van der Waals surface area (Å²) in [5, 5.41) is 2.79. The van der Waals surface area contributed by atoms with E-state index in [1.54, 1.807) is 0 Å². The molecule has 0 unspecified atom stereocenters. The quantitative estimate of drug-likeness (QED) is 0.605. The minimum atomic E-state index is 0.00848. The van der Waals surface area contributed by atoms with E-state index in [1.165, 1.54) is 0 Å². The summed E-state index contributed by atoms with van der Waals surface area (Å²) < 4.78 is 5.64. The van der Waals surface area contributed by atoms with Gasteiger partial charge in [0.2, 0.25) is 5.91 Å². The van der Waals surface area contributed by atoms with E-state index >= 15 is 0 Å². The zero-order valence-corrected chi connectivity index (χ0v) is 10.8. The predicted molar refractivity (Wildman–Crippen MR) is 71.9 cm³/mol. The molecule has 0 saturated heterocycles. The lowest BCUT2D eigenvalue weighted by Crippen LogP contribution is -2.15. The van der Waals surface area contributed by atoms with Crippen molar-refractivity contribution in [2.45, 2.75) is 12.8 Å². The Morgan fingerprint density at radius 3 is 2.94 bits per heavy atom. The van der Waals surface area contributed by atoms with Gasteiger partial charge in [0.05, 0.1) is 18.7 Å². The van der Waals surface area contributed by atoms with Gasteiger partial charge >= 0.3 is 0 Å². The molecule has 18 heavy (non-hydrogen) atoms. The Bertz CT molecular complexity index is 458. The Labute approximate surface area is 107 Å². The SMILES string of the molecule is CN(C)CCCOc1cc2c(cc1N)CC(=O)N2. The Morgan fingerprint density at radius 1 is 1.44 bits per heavy atom. The molecule has 1 aromatic carbocycles. The molecular formula is C13H19N3O2. The van der Waals surface area contributed by atoms with Crippen LogP contribution in [0.4, 0.5) is 11.4 Å².